The van der Waals surface area contributed by atoms with Crippen LogP contribution in [-0.4, -0.2) is 62.5 Å². The van der Waals surface area contributed by atoms with E-state index in [9.17, 15) is 9.90 Å². The van der Waals surface area contributed by atoms with Crippen LogP contribution >= 0.6 is 0 Å². The summed E-state index contributed by atoms with van der Waals surface area (Å²) in [4.78, 5) is 11.1. The summed E-state index contributed by atoms with van der Waals surface area (Å²) >= 11 is 0. The van der Waals surface area contributed by atoms with Crippen LogP contribution in [0, 0.1) is 5.92 Å². The predicted octanol–water partition coefficient (Wildman–Crippen LogP) is 5.03. The summed E-state index contributed by atoms with van der Waals surface area (Å²) in [7, 11) is 0. The third-order valence-corrected chi connectivity index (χ3v) is 3.66. The maximum absolute atomic E-state index is 11.1. The second-order valence-electron chi connectivity index (χ2n) is 5.44. The molecule has 0 aliphatic carbocycles. The van der Waals surface area contributed by atoms with Gasteiger partial charge in [-0.25, -0.2) is 0 Å². The molecule has 0 bridgehead atoms. The summed E-state index contributed by atoms with van der Waals surface area (Å²) in [6.45, 7) is 4.40. The van der Waals surface area contributed by atoms with Gasteiger partial charge in [0.05, 0.1) is 5.92 Å². The minimum absolute atomic E-state index is 0. The molecule has 0 amide bonds. The first-order chi connectivity index (χ1) is 8.72. The van der Waals surface area contributed by atoms with Gasteiger partial charge in [0, 0.05) is 51.4 Å². The molecular weight excluding hydrogens is 263 g/mol. The maximum Gasteiger partial charge on any atom is 0.306 e. The molecule has 1 atom stereocenters. The fourth-order valence-corrected chi connectivity index (χ4v) is 2.38. The Labute approximate surface area is 162 Å². The molecule has 1 radical (unpaired) electrons. The minimum Gasteiger partial charge on any atom is -0.481 e. The smallest absolute Gasteiger partial charge is 0.306 e. The number of unbranched alkanes of at least 4 members (excludes halogenated alkanes) is 8. The summed E-state index contributed by atoms with van der Waals surface area (Å²) in [6.07, 6.45) is 14.0. The minimum atomic E-state index is -0.583. The maximum atomic E-state index is 11.1. The second kappa shape index (κ2) is 17.2. The van der Waals surface area contributed by atoms with Crippen LogP contribution in [0.15, 0.2) is 0 Å². The molecule has 0 aromatic rings. The van der Waals surface area contributed by atoms with Gasteiger partial charge in [-0.3, -0.25) is 4.79 Å². The number of aliphatic carboxylic acids is 1. The average Bonchev–Trinajstić information content (AvgIpc) is 2.35. The summed E-state index contributed by atoms with van der Waals surface area (Å²) in [5.41, 5.74) is 0. The van der Waals surface area contributed by atoms with E-state index in [2.05, 4.69) is 13.8 Å². The van der Waals surface area contributed by atoms with E-state index >= 15 is 0 Å². The molecule has 0 heterocycles. The Morgan fingerprint density at radius 2 is 1.16 bits per heavy atom. The van der Waals surface area contributed by atoms with Crippen molar-refractivity contribution in [2.24, 2.45) is 5.92 Å². The SMILES string of the molecule is CCCCCCCCC(CCCCCC)C(=O)O.[K]. The van der Waals surface area contributed by atoms with E-state index in [0.717, 1.165) is 25.7 Å². The van der Waals surface area contributed by atoms with E-state index in [4.69, 9.17) is 0 Å². The van der Waals surface area contributed by atoms with Crippen molar-refractivity contribution in [3.63, 3.8) is 0 Å². The molecule has 0 aliphatic rings. The van der Waals surface area contributed by atoms with Crippen molar-refractivity contribution in [1.29, 1.82) is 0 Å². The van der Waals surface area contributed by atoms with Gasteiger partial charge >= 0.3 is 5.97 Å². The third kappa shape index (κ3) is 15.3. The van der Waals surface area contributed by atoms with E-state index in [1.54, 1.807) is 0 Å². The molecule has 0 saturated carbocycles. The number of hydrogen-bond donors (Lipinski definition) is 1. The number of carboxylic acid groups (broad SMARTS) is 1. The first kappa shape index (κ1) is 22.4. The first-order valence-corrected chi connectivity index (χ1v) is 7.95. The van der Waals surface area contributed by atoms with Gasteiger partial charge in [-0.2, -0.15) is 0 Å². The summed E-state index contributed by atoms with van der Waals surface area (Å²) < 4.78 is 0. The molecule has 3 heteroatoms. The molecule has 0 fully saturated rings. The van der Waals surface area contributed by atoms with Gasteiger partial charge in [0.25, 0.3) is 0 Å². The van der Waals surface area contributed by atoms with Crippen LogP contribution in [0.1, 0.15) is 90.9 Å². The van der Waals surface area contributed by atoms with Crippen molar-refractivity contribution in [2.45, 2.75) is 90.9 Å². The second-order valence-corrected chi connectivity index (χ2v) is 5.44. The summed E-state index contributed by atoms with van der Waals surface area (Å²) in [6, 6.07) is 0. The van der Waals surface area contributed by atoms with Gasteiger partial charge in [0.2, 0.25) is 0 Å². The molecule has 0 saturated heterocycles. The fourth-order valence-electron chi connectivity index (χ4n) is 2.38. The quantitative estimate of drug-likeness (QED) is 0.382. The van der Waals surface area contributed by atoms with Crippen LogP contribution in [0.25, 0.3) is 0 Å². The van der Waals surface area contributed by atoms with Gasteiger partial charge < -0.3 is 5.11 Å². The molecule has 19 heavy (non-hydrogen) atoms. The van der Waals surface area contributed by atoms with Crippen LogP contribution in [0.4, 0.5) is 0 Å². The van der Waals surface area contributed by atoms with Crippen molar-refractivity contribution < 1.29 is 9.90 Å². The Kier molecular flexibility index (Phi) is 20.2. The standard InChI is InChI=1S/C16H32O2.K/c1-3-5-7-9-10-12-14-15(16(17)18)13-11-8-6-4-2;/h15H,3-14H2,1-2H3,(H,17,18);. The molecule has 109 valence electrons. The normalized spacial score (nSPS) is 11.9. The topological polar surface area (TPSA) is 37.3 Å². The third-order valence-electron chi connectivity index (χ3n) is 3.66. The van der Waals surface area contributed by atoms with Gasteiger partial charge in [0.1, 0.15) is 0 Å². The molecule has 2 nitrogen and oxygen atoms in total. The molecule has 1 N–H and O–H groups in total. The largest absolute Gasteiger partial charge is 0.481 e. The van der Waals surface area contributed by atoms with Crippen LogP contribution in [0.5, 0.6) is 0 Å². The zero-order chi connectivity index (χ0) is 13.6. The molecule has 0 aliphatic heterocycles. The number of carbonyl (C=O) groups is 1. The Morgan fingerprint density at radius 1 is 0.789 bits per heavy atom. The van der Waals surface area contributed by atoms with Gasteiger partial charge in [0.15, 0.2) is 0 Å². The molecule has 1 unspecified atom stereocenters. The van der Waals surface area contributed by atoms with E-state index in [1.165, 1.54) is 51.4 Å². The molecule has 0 aromatic heterocycles. The van der Waals surface area contributed by atoms with Crippen LogP contribution < -0.4 is 0 Å². The monoisotopic (exact) mass is 295 g/mol. The molecular formula is C16H32KO2. The summed E-state index contributed by atoms with van der Waals surface area (Å²) in [5, 5.41) is 9.17. The predicted molar refractivity (Wildman–Crippen MR) is 83.6 cm³/mol. The zero-order valence-corrected chi connectivity index (χ0v) is 16.5. The van der Waals surface area contributed by atoms with E-state index in [-0.39, 0.29) is 57.3 Å². The van der Waals surface area contributed by atoms with Crippen LogP contribution in [0.3, 0.4) is 0 Å². The van der Waals surface area contributed by atoms with E-state index in [0.29, 0.717) is 0 Å². The molecule has 0 spiro atoms. The van der Waals surface area contributed by atoms with Crippen LogP contribution in [0.2, 0.25) is 0 Å². The number of carboxylic acids is 1. The van der Waals surface area contributed by atoms with Gasteiger partial charge in [-0.15, -0.1) is 0 Å². The number of rotatable bonds is 13. The zero-order valence-electron chi connectivity index (χ0n) is 13.4. The van der Waals surface area contributed by atoms with Crippen molar-refractivity contribution >= 4 is 57.4 Å². The summed E-state index contributed by atoms with van der Waals surface area (Å²) in [5.74, 6) is -0.673. The van der Waals surface area contributed by atoms with Crippen molar-refractivity contribution in [3.8, 4) is 0 Å². The van der Waals surface area contributed by atoms with Gasteiger partial charge in [-0.1, -0.05) is 78.1 Å². The number of hydrogen-bond acceptors (Lipinski definition) is 1. The Bertz CT molecular complexity index is 195. The van der Waals surface area contributed by atoms with Crippen molar-refractivity contribution in [3.05, 3.63) is 0 Å². The van der Waals surface area contributed by atoms with Crippen molar-refractivity contribution in [2.75, 3.05) is 0 Å². The molecule has 0 aromatic carbocycles. The first-order valence-electron chi connectivity index (χ1n) is 7.95. The molecule has 0 rings (SSSR count). The average molecular weight is 296 g/mol. The Hall–Kier alpha value is 1.11. The Balaban J connectivity index is 0. The Morgan fingerprint density at radius 3 is 1.58 bits per heavy atom. The van der Waals surface area contributed by atoms with E-state index < -0.39 is 5.97 Å². The van der Waals surface area contributed by atoms with Crippen LogP contribution in [-0.2, 0) is 4.79 Å². The van der Waals surface area contributed by atoms with E-state index in [1.807, 2.05) is 0 Å². The fraction of sp³-hybridized carbons (Fsp3) is 0.938. The van der Waals surface area contributed by atoms with Gasteiger partial charge in [-0.05, 0) is 12.8 Å². The van der Waals surface area contributed by atoms with Crippen molar-refractivity contribution in [1.82, 2.24) is 0 Å².